The lowest BCUT2D eigenvalue weighted by atomic mass is 9.32. The number of nitrogens with zero attached hydrogens (tertiary/aromatic N) is 4. The minimum Gasteiger partial charge on any atom is -0.455 e. The van der Waals surface area contributed by atoms with Gasteiger partial charge in [0.2, 0.25) is 6.43 Å². The van der Waals surface area contributed by atoms with Crippen molar-refractivity contribution in [1.29, 1.82) is 0 Å². The van der Waals surface area contributed by atoms with Crippen molar-refractivity contribution in [2.45, 2.75) is 69.8 Å². The van der Waals surface area contributed by atoms with Crippen LogP contribution < -0.4 is 19.7 Å². The molecule has 62 heavy (non-hydrogen) atoms. The van der Waals surface area contributed by atoms with Gasteiger partial charge in [0.1, 0.15) is 22.8 Å². The molecular formula is C44H51F2N7O8S. The fourth-order valence-corrected chi connectivity index (χ4v) is 11.1. The number of anilines is 2. The number of hydrogen-bond donors (Lipinski definition) is 3. The number of nitrogens with one attached hydrogen (secondary N) is 3. The van der Waals surface area contributed by atoms with Crippen LogP contribution in [0.4, 0.5) is 25.8 Å². The molecular weight excluding hydrogens is 825 g/mol. The third-order valence-corrected chi connectivity index (χ3v) is 14.8. The number of fused-ring (bicyclic) bond motifs is 1. The maximum atomic E-state index is 13.9. The number of alkyl halides is 2. The van der Waals surface area contributed by atoms with Crippen LogP contribution in [0, 0.1) is 26.4 Å². The highest BCUT2D eigenvalue weighted by atomic mass is 32.2. The van der Waals surface area contributed by atoms with E-state index in [0.717, 1.165) is 56.0 Å². The highest BCUT2D eigenvalue weighted by Crippen LogP contribution is 2.79. The van der Waals surface area contributed by atoms with Gasteiger partial charge in [0.15, 0.2) is 0 Å². The van der Waals surface area contributed by atoms with Crippen molar-refractivity contribution in [2.75, 3.05) is 69.3 Å². The molecule has 3 saturated carbocycles. The summed E-state index contributed by atoms with van der Waals surface area (Å²) in [5.74, 6) is -0.578. The number of hydrogen-bond acceptors (Lipinski definition) is 12. The second-order valence-electron chi connectivity index (χ2n) is 18.3. The zero-order valence-corrected chi connectivity index (χ0v) is 35.6. The van der Waals surface area contributed by atoms with Crippen molar-refractivity contribution in [2.24, 2.45) is 16.2 Å². The second-order valence-corrected chi connectivity index (χ2v) is 20.0. The van der Waals surface area contributed by atoms with Gasteiger partial charge in [0, 0.05) is 74.1 Å². The molecule has 2 saturated heterocycles. The van der Waals surface area contributed by atoms with E-state index in [0.29, 0.717) is 63.6 Å². The quantitative estimate of drug-likeness (QED) is 0.0656. The van der Waals surface area contributed by atoms with E-state index < -0.39 is 43.3 Å². The number of aromatic nitrogens is 2. The van der Waals surface area contributed by atoms with Crippen LogP contribution in [0.5, 0.6) is 11.5 Å². The molecule has 4 aliphatic carbocycles. The first kappa shape index (κ1) is 42.1. The highest BCUT2D eigenvalue weighted by Gasteiger charge is 2.73. The van der Waals surface area contributed by atoms with Crippen LogP contribution >= 0.6 is 0 Å². The van der Waals surface area contributed by atoms with Crippen molar-refractivity contribution < 1.29 is 41.1 Å². The Hall–Kier alpha value is -5.17. The summed E-state index contributed by atoms with van der Waals surface area (Å²) in [7, 11) is -4.60. The van der Waals surface area contributed by atoms with Gasteiger partial charge in [-0.25, -0.2) is 26.9 Å². The number of pyridine rings is 1. The summed E-state index contributed by atoms with van der Waals surface area (Å²) in [6.45, 7) is 9.66. The predicted molar refractivity (Wildman–Crippen MR) is 227 cm³/mol. The summed E-state index contributed by atoms with van der Waals surface area (Å²) in [5, 5.41) is 15.7. The van der Waals surface area contributed by atoms with Crippen molar-refractivity contribution in [1.82, 2.24) is 19.6 Å². The Kier molecular flexibility index (Phi) is 11.0. The lowest BCUT2D eigenvalue weighted by Gasteiger charge is -2.72. The molecule has 2 aromatic carbocycles. The average Bonchev–Trinajstić information content (AvgIpc) is 3.68. The number of halogens is 2. The summed E-state index contributed by atoms with van der Waals surface area (Å²) >= 11 is 0. The molecule has 3 N–H and O–H groups in total. The van der Waals surface area contributed by atoms with Gasteiger partial charge >= 0.3 is 0 Å². The molecule has 2 aromatic heterocycles. The van der Waals surface area contributed by atoms with Gasteiger partial charge < -0.3 is 29.4 Å². The number of rotatable bonds is 14. The van der Waals surface area contributed by atoms with Gasteiger partial charge in [0.05, 0.1) is 47.5 Å². The number of piperazine rings is 1. The van der Waals surface area contributed by atoms with Gasteiger partial charge in [-0.05, 0) is 85.8 Å². The Morgan fingerprint density at radius 3 is 2.60 bits per heavy atom. The predicted octanol–water partition coefficient (Wildman–Crippen LogP) is 7.27. The first-order valence-electron chi connectivity index (χ1n) is 21.1. The summed E-state index contributed by atoms with van der Waals surface area (Å²) in [4.78, 5) is 36.8. The van der Waals surface area contributed by atoms with E-state index in [4.69, 9.17) is 14.2 Å². The van der Waals surface area contributed by atoms with Gasteiger partial charge in [-0.3, -0.25) is 19.8 Å². The minimum absolute atomic E-state index is 0.0449. The van der Waals surface area contributed by atoms with E-state index in [9.17, 15) is 32.1 Å². The Balaban J connectivity index is 0.918. The average molecular weight is 876 g/mol. The van der Waals surface area contributed by atoms with E-state index in [-0.39, 0.29) is 40.5 Å². The Morgan fingerprint density at radius 2 is 1.87 bits per heavy atom. The third kappa shape index (κ3) is 8.24. The Bertz CT molecular complexity index is 2510. The fraction of sp³-hybridized carbons (Fsp3) is 0.500. The molecule has 0 radical (unpaired) electrons. The normalized spacial score (nSPS) is 25.0. The Morgan fingerprint density at radius 1 is 1.08 bits per heavy atom. The minimum atomic E-state index is -4.60. The Labute approximate surface area is 358 Å². The smallest absolute Gasteiger partial charge is 0.293 e. The van der Waals surface area contributed by atoms with Crippen LogP contribution in [0.25, 0.3) is 11.0 Å². The summed E-state index contributed by atoms with van der Waals surface area (Å²) in [6, 6.07) is 11.9. The number of carbonyl (C=O) groups excluding carboxylic acids is 1. The molecule has 5 fully saturated rings. The lowest BCUT2D eigenvalue weighted by Crippen LogP contribution is -2.66. The standard InChI is InChI=1S/C44H51F2N7O8S/c1-42(2)9-7-29(35(20-42)43-25-44(26-43,27-43)41(45)46)23-51-11-13-52(14-12-51)30-3-5-34(38(18-30)61-31-17-28-8-10-47-39(28)49-21-31)40(54)50-62(57,58)33-4-6-36(37(19-33)53(55)56)48-22-32-24-59-15-16-60-32/h3-6,8,10,17-19,21,32,41,48H,7,9,11-16,20,22-27H2,1-2H3,(H,47,49)(H,50,54). The maximum absolute atomic E-state index is 13.9. The second kappa shape index (κ2) is 16.2. The largest absolute Gasteiger partial charge is 0.455 e. The molecule has 4 heterocycles. The highest BCUT2D eigenvalue weighted by molar-refractivity contribution is 7.90. The molecule has 2 aliphatic heterocycles. The van der Waals surface area contributed by atoms with Crippen molar-refractivity contribution in [3.8, 4) is 11.5 Å². The molecule has 4 aromatic rings. The lowest BCUT2D eigenvalue weighted by molar-refractivity contribution is -0.384. The van der Waals surface area contributed by atoms with Crippen LogP contribution in [0.15, 0.2) is 77.0 Å². The number of carbonyl (C=O) groups is 1. The topological polar surface area (TPSA) is 181 Å². The fourth-order valence-electron chi connectivity index (χ4n) is 10.1. The maximum Gasteiger partial charge on any atom is 0.293 e. The molecule has 10 rings (SSSR count). The van der Waals surface area contributed by atoms with Crippen LogP contribution in [0.3, 0.4) is 0 Å². The van der Waals surface area contributed by atoms with Crippen LogP contribution in [0.1, 0.15) is 62.7 Å². The summed E-state index contributed by atoms with van der Waals surface area (Å²) in [5.41, 5.74) is 3.14. The molecule has 6 aliphatic rings. The zero-order valence-electron chi connectivity index (χ0n) is 34.8. The number of ether oxygens (including phenoxy) is 3. The van der Waals surface area contributed by atoms with E-state index in [2.05, 4.69) is 43.7 Å². The van der Waals surface area contributed by atoms with Crippen LogP contribution in [-0.4, -0.2) is 106 Å². The SMILES string of the molecule is CC1(C)CCC(CN2CCN(c3ccc(C(=O)NS(=O)(=O)c4ccc(NCC5COCCO5)c([N+](=O)[O-])c4)c(Oc4cnc5[nH]ccc5c4)c3)CC2)=C(C23CC(C(F)F)(C2)C3)C1. The number of amides is 1. The molecule has 1 unspecified atom stereocenters. The number of nitro benzene ring substituents is 1. The number of H-pyrrole nitrogens is 1. The molecule has 1 atom stereocenters. The molecule has 1 amide bonds. The summed E-state index contributed by atoms with van der Waals surface area (Å²) in [6.07, 6.45) is 5.53. The first-order chi connectivity index (χ1) is 29.6. The van der Waals surface area contributed by atoms with Gasteiger partial charge in [-0.2, -0.15) is 0 Å². The van der Waals surface area contributed by atoms with Gasteiger partial charge in [-0.1, -0.05) is 25.0 Å². The molecule has 2 bridgehead atoms. The monoisotopic (exact) mass is 875 g/mol. The van der Waals surface area contributed by atoms with Crippen LogP contribution in [-0.2, 0) is 19.5 Å². The van der Waals surface area contributed by atoms with Gasteiger partial charge in [0.25, 0.3) is 21.6 Å². The number of nitro groups is 1. The first-order valence-corrected chi connectivity index (χ1v) is 22.6. The van der Waals surface area contributed by atoms with Crippen LogP contribution in [0.2, 0.25) is 0 Å². The van der Waals surface area contributed by atoms with E-state index in [1.54, 1.807) is 24.4 Å². The van der Waals surface area contributed by atoms with E-state index >= 15 is 0 Å². The molecule has 0 spiro atoms. The van der Waals surface area contributed by atoms with E-state index in [1.165, 1.54) is 35.5 Å². The van der Waals surface area contributed by atoms with Crippen molar-refractivity contribution in [3.63, 3.8) is 0 Å². The number of aromatic amines is 1. The summed E-state index contributed by atoms with van der Waals surface area (Å²) < 4.78 is 74.2. The van der Waals surface area contributed by atoms with E-state index in [1.807, 2.05) is 6.07 Å². The van der Waals surface area contributed by atoms with Crippen molar-refractivity contribution in [3.05, 3.63) is 87.7 Å². The zero-order chi connectivity index (χ0) is 43.4. The number of benzene rings is 2. The number of allylic oxidation sites excluding steroid dienone is 1. The van der Waals surface area contributed by atoms with Crippen molar-refractivity contribution >= 4 is 44.0 Å². The third-order valence-electron chi connectivity index (χ3n) is 13.4. The molecule has 330 valence electrons. The van der Waals surface area contributed by atoms with Gasteiger partial charge in [-0.15, -0.1) is 0 Å². The molecule has 15 nitrogen and oxygen atoms in total. The number of sulfonamides is 1. The molecule has 18 heteroatoms.